The SMILES string of the molecule is CC(Cc1ccc2c(c1)CN(C(C)C)C2)NCc1ccccn1. The Hall–Kier alpha value is -1.71. The van der Waals surface area contributed by atoms with Crippen LogP contribution in [0.3, 0.4) is 0 Å². The lowest BCUT2D eigenvalue weighted by molar-refractivity contribution is 0.227. The van der Waals surface area contributed by atoms with Gasteiger partial charge in [-0.05, 0) is 56.0 Å². The molecule has 0 amide bonds. The van der Waals surface area contributed by atoms with Crippen molar-refractivity contribution in [3.8, 4) is 0 Å². The Bertz CT molecular complexity index is 637. The van der Waals surface area contributed by atoms with Crippen LogP contribution >= 0.6 is 0 Å². The lowest BCUT2D eigenvalue weighted by Crippen LogP contribution is -2.27. The van der Waals surface area contributed by atoms with Crippen molar-refractivity contribution in [1.82, 2.24) is 15.2 Å². The molecule has 0 aliphatic carbocycles. The third-order valence-corrected chi connectivity index (χ3v) is 4.65. The fourth-order valence-electron chi connectivity index (χ4n) is 3.17. The number of pyridine rings is 1. The zero-order valence-electron chi connectivity index (χ0n) is 14.4. The van der Waals surface area contributed by atoms with Crippen LogP contribution in [0.2, 0.25) is 0 Å². The summed E-state index contributed by atoms with van der Waals surface area (Å²) in [6.45, 7) is 9.81. The van der Waals surface area contributed by atoms with Crippen molar-refractivity contribution in [3.05, 3.63) is 65.0 Å². The average Bonchev–Trinajstić information content (AvgIpc) is 2.97. The van der Waals surface area contributed by atoms with Gasteiger partial charge in [-0.15, -0.1) is 0 Å². The van der Waals surface area contributed by atoms with Crippen LogP contribution in [0.15, 0.2) is 42.6 Å². The highest BCUT2D eigenvalue weighted by Crippen LogP contribution is 2.25. The van der Waals surface area contributed by atoms with Crippen molar-refractivity contribution in [2.75, 3.05) is 0 Å². The molecule has 1 N–H and O–H groups in total. The Morgan fingerprint density at radius 2 is 1.91 bits per heavy atom. The third kappa shape index (κ3) is 4.18. The van der Waals surface area contributed by atoms with Gasteiger partial charge in [-0.1, -0.05) is 24.3 Å². The minimum absolute atomic E-state index is 0.442. The molecule has 1 aromatic heterocycles. The quantitative estimate of drug-likeness (QED) is 0.885. The molecule has 1 atom stereocenters. The average molecular weight is 309 g/mol. The van der Waals surface area contributed by atoms with Crippen LogP contribution < -0.4 is 5.32 Å². The van der Waals surface area contributed by atoms with E-state index in [1.807, 2.05) is 18.3 Å². The van der Waals surface area contributed by atoms with Crippen molar-refractivity contribution >= 4 is 0 Å². The summed E-state index contributed by atoms with van der Waals surface area (Å²) in [4.78, 5) is 6.89. The normalized spacial score (nSPS) is 15.8. The molecule has 0 saturated heterocycles. The first-order valence-electron chi connectivity index (χ1n) is 8.60. The van der Waals surface area contributed by atoms with E-state index in [4.69, 9.17) is 0 Å². The molecule has 0 spiro atoms. The van der Waals surface area contributed by atoms with Crippen LogP contribution in [0.5, 0.6) is 0 Å². The summed E-state index contributed by atoms with van der Waals surface area (Å²) in [5.74, 6) is 0. The summed E-state index contributed by atoms with van der Waals surface area (Å²) in [5.41, 5.74) is 5.53. The second-order valence-electron chi connectivity index (χ2n) is 6.91. The van der Waals surface area contributed by atoms with E-state index in [0.29, 0.717) is 12.1 Å². The van der Waals surface area contributed by atoms with Crippen LogP contribution in [0, 0.1) is 0 Å². The summed E-state index contributed by atoms with van der Waals surface area (Å²) in [5, 5.41) is 3.57. The van der Waals surface area contributed by atoms with Crippen molar-refractivity contribution in [1.29, 1.82) is 0 Å². The predicted molar refractivity (Wildman–Crippen MR) is 95.1 cm³/mol. The van der Waals surface area contributed by atoms with E-state index in [2.05, 4.69) is 60.2 Å². The molecule has 0 bridgehead atoms. The van der Waals surface area contributed by atoms with Gasteiger partial charge in [-0.3, -0.25) is 9.88 Å². The number of fused-ring (bicyclic) bond motifs is 1. The number of rotatable bonds is 6. The maximum atomic E-state index is 4.36. The Morgan fingerprint density at radius 3 is 2.65 bits per heavy atom. The van der Waals surface area contributed by atoms with Gasteiger partial charge in [0.25, 0.3) is 0 Å². The number of benzene rings is 1. The van der Waals surface area contributed by atoms with E-state index in [9.17, 15) is 0 Å². The van der Waals surface area contributed by atoms with Crippen molar-refractivity contribution < 1.29 is 0 Å². The molecule has 3 heteroatoms. The van der Waals surface area contributed by atoms with Gasteiger partial charge < -0.3 is 5.32 Å². The topological polar surface area (TPSA) is 28.2 Å². The molecule has 3 rings (SSSR count). The van der Waals surface area contributed by atoms with Gasteiger partial charge in [-0.25, -0.2) is 0 Å². The molecule has 0 saturated carbocycles. The van der Waals surface area contributed by atoms with Gasteiger partial charge in [0.05, 0.1) is 5.69 Å². The van der Waals surface area contributed by atoms with E-state index in [0.717, 1.165) is 31.7 Å². The smallest absolute Gasteiger partial charge is 0.0541 e. The van der Waals surface area contributed by atoms with Gasteiger partial charge in [0, 0.05) is 37.9 Å². The number of hydrogen-bond acceptors (Lipinski definition) is 3. The number of hydrogen-bond donors (Lipinski definition) is 1. The Balaban J connectivity index is 1.56. The maximum absolute atomic E-state index is 4.36. The molecule has 1 unspecified atom stereocenters. The first-order chi connectivity index (χ1) is 11.1. The Kier molecular flexibility index (Phi) is 5.09. The molecule has 23 heavy (non-hydrogen) atoms. The van der Waals surface area contributed by atoms with Crippen molar-refractivity contribution in [2.45, 2.75) is 58.9 Å². The molecule has 1 aliphatic rings. The first kappa shape index (κ1) is 16.2. The fourth-order valence-corrected chi connectivity index (χ4v) is 3.17. The lowest BCUT2D eigenvalue weighted by atomic mass is 10.0. The van der Waals surface area contributed by atoms with E-state index in [1.54, 1.807) is 0 Å². The molecule has 1 aliphatic heterocycles. The van der Waals surface area contributed by atoms with Gasteiger partial charge in [0.2, 0.25) is 0 Å². The molecular weight excluding hydrogens is 282 g/mol. The molecule has 2 aromatic rings. The van der Waals surface area contributed by atoms with Gasteiger partial charge in [0.1, 0.15) is 0 Å². The summed E-state index contributed by atoms with van der Waals surface area (Å²) >= 11 is 0. The molecule has 1 aromatic carbocycles. The first-order valence-corrected chi connectivity index (χ1v) is 8.60. The second kappa shape index (κ2) is 7.24. The Labute approximate surface area is 139 Å². The third-order valence-electron chi connectivity index (χ3n) is 4.65. The Morgan fingerprint density at radius 1 is 1.09 bits per heavy atom. The number of nitrogens with one attached hydrogen (secondary N) is 1. The van der Waals surface area contributed by atoms with E-state index in [1.165, 1.54) is 16.7 Å². The summed E-state index contributed by atoms with van der Waals surface area (Å²) in [7, 11) is 0. The van der Waals surface area contributed by atoms with Crippen LogP contribution in [-0.2, 0) is 26.1 Å². The highest BCUT2D eigenvalue weighted by molar-refractivity contribution is 5.35. The highest BCUT2D eigenvalue weighted by Gasteiger charge is 2.21. The zero-order chi connectivity index (χ0) is 16.2. The molecule has 122 valence electrons. The van der Waals surface area contributed by atoms with Crippen LogP contribution in [-0.4, -0.2) is 22.0 Å². The molecule has 2 heterocycles. The van der Waals surface area contributed by atoms with Crippen molar-refractivity contribution in [3.63, 3.8) is 0 Å². The molecule has 0 radical (unpaired) electrons. The highest BCUT2D eigenvalue weighted by atomic mass is 15.2. The number of aromatic nitrogens is 1. The van der Waals surface area contributed by atoms with E-state index < -0.39 is 0 Å². The van der Waals surface area contributed by atoms with E-state index >= 15 is 0 Å². The standard InChI is InChI=1S/C20H27N3/c1-15(2)23-13-18-8-7-17(11-19(18)14-23)10-16(3)22-12-20-6-4-5-9-21-20/h4-9,11,15-16,22H,10,12-14H2,1-3H3. The van der Waals surface area contributed by atoms with E-state index in [-0.39, 0.29) is 0 Å². The summed E-state index contributed by atoms with van der Waals surface area (Å²) in [6, 6.07) is 14.1. The predicted octanol–water partition coefficient (Wildman–Crippen LogP) is 3.53. The fraction of sp³-hybridized carbons (Fsp3) is 0.450. The molecular formula is C20H27N3. The minimum atomic E-state index is 0.442. The largest absolute Gasteiger partial charge is 0.308 e. The summed E-state index contributed by atoms with van der Waals surface area (Å²) in [6.07, 6.45) is 2.91. The van der Waals surface area contributed by atoms with Crippen LogP contribution in [0.1, 0.15) is 43.2 Å². The van der Waals surface area contributed by atoms with Crippen LogP contribution in [0.4, 0.5) is 0 Å². The minimum Gasteiger partial charge on any atom is -0.308 e. The van der Waals surface area contributed by atoms with Gasteiger partial charge in [0.15, 0.2) is 0 Å². The molecule has 0 fully saturated rings. The zero-order valence-corrected chi connectivity index (χ0v) is 14.4. The molecule has 3 nitrogen and oxygen atoms in total. The maximum Gasteiger partial charge on any atom is 0.0541 e. The van der Waals surface area contributed by atoms with Gasteiger partial charge in [-0.2, -0.15) is 0 Å². The summed E-state index contributed by atoms with van der Waals surface area (Å²) < 4.78 is 0. The van der Waals surface area contributed by atoms with Crippen LogP contribution in [0.25, 0.3) is 0 Å². The van der Waals surface area contributed by atoms with Crippen molar-refractivity contribution in [2.24, 2.45) is 0 Å². The van der Waals surface area contributed by atoms with Gasteiger partial charge >= 0.3 is 0 Å². The lowest BCUT2D eigenvalue weighted by Gasteiger charge is -2.18. The monoisotopic (exact) mass is 309 g/mol. The number of nitrogens with zero attached hydrogens (tertiary/aromatic N) is 2. The second-order valence-corrected chi connectivity index (χ2v) is 6.91.